The summed E-state index contributed by atoms with van der Waals surface area (Å²) in [5.74, 6) is -1.38. The third kappa shape index (κ3) is 4.14. The van der Waals surface area contributed by atoms with Crippen LogP contribution in [0.15, 0.2) is 18.3 Å². The number of hydrogen-bond donors (Lipinski definition) is 2. The van der Waals surface area contributed by atoms with E-state index in [-0.39, 0.29) is 13.1 Å². The quantitative estimate of drug-likeness (QED) is 0.701. The Bertz CT molecular complexity index is 514. The van der Waals surface area contributed by atoms with Gasteiger partial charge in [0.25, 0.3) is 5.91 Å². The predicted octanol–water partition coefficient (Wildman–Crippen LogP) is -0.855. The molecule has 1 saturated heterocycles. The lowest BCUT2D eigenvalue weighted by molar-refractivity contribution is -0.160. The molecular weight excluding hydrogens is 278 g/mol. The number of amides is 2. The zero-order chi connectivity index (χ0) is 15.2. The van der Waals surface area contributed by atoms with Gasteiger partial charge in [-0.1, -0.05) is 0 Å². The average molecular weight is 295 g/mol. The van der Waals surface area contributed by atoms with E-state index in [2.05, 4.69) is 15.0 Å². The van der Waals surface area contributed by atoms with E-state index >= 15 is 0 Å². The molecule has 1 atom stereocenters. The molecule has 1 fully saturated rings. The molecule has 2 heterocycles. The second kappa shape index (κ2) is 7.00. The Labute approximate surface area is 121 Å². The Balaban J connectivity index is 1.82. The summed E-state index contributed by atoms with van der Waals surface area (Å²) in [6.45, 7) is 1.12. The highest BCUT2D eigenvalue weighted by Crippen LogP contribution is 2.06. The summed E-state index contributed by atoms with van der Waals surface area (Å²) in [6.07, 6.45) is 0.901. The number of morpholine rings is 1. The van der Waals surface area contributed by atoms with Crippen LogP contribution in [-0.2, 0) is 19.1 Å². The van der Waals surface area contributed by atoms with Crippen molar-refractivity contribution in [3.63, 3.8) is 0 Å². The van der Waals surface area contributed by atoms with Crippen LogP contribution in [0.3, 0.4) is 0 Å². The molecule has 0 aromatic carbocycles. The number of nitrogens with one attached hydrogen (secondary N) is 2. The topological polar surface area (TPSA) is 101 Å². The van der Waals surface area contributed by atoms with Crippen molar-refractivity contribution in [3.05, 3.63) is 24.0 Å². The first-order chi connectivity index (χ1) is 10.1. The molecule has 1 aliphatic heterocycles. The van der Waals surface area contributed by atoms with E-state index in [1.807, 2.05) is 0 Å². The molecule has 0 radical (unpaired) electrons. The van der Waals surface area contributed by atoms with Gasteiger partial charge in [0.15, 0.2) is 6.10 Å². The highest BCUT2D eigenvalue weighted by Gasteiger charge is 2.28. The molecule has 1 aromatic heterocycles. The van der Waals surface area contributed by atoms with Crippen molar-refractivity contribution >= 4 is 17.8 Å². The zero-order valence-corrected chi connectivity index (χ0v) is 11.6. The van der Waals surface area contributed by atoms with Crippen molar-refractivity contribution in [1.82, 2.24) is 15.2 Å². The average Bonchev–Trinajstić information content (AvgIpc) is 3.00. The Morgan fingerprint density at radius 2 is 2.33 bits per heavy atom. The van der Waals surface area contributed by atoms with Crippen LogP contribution < -0.4 is 5.32 Å². The number of methoxy groups -OCH3 is 1. The summed E-state index contributed by atoms with van der Waals surface area (Å²) in [4.78, 5) is 39.4. The van der Waals surface area contributed by atoms with E-state index in [0.29, 0.717) is 18.8 Å². The van der Waals surface area contributed by atoms with E-state index in [4.69, 9.17) is 4.74 Å². The number of carbonyl (C=O) groups is 3. The first-order valence-corrected chi connectivity index (χ1v) is 6.49. The number of nitrogens with zero attached hydrogens (tertiary/aromatic N) is 1. The van der Waals surface area contributed by atoms with Crippen molar-refractivity contribution < 1.29 is 23.9 Å². The molecule has 8 nitrogen and oxygen atoms in total. The summed E-state index contributed by atoms with van der Waals surface area (Å²) < 4.78 is 9.87. The standard InChI is InChI=1S/C13H17N3O5/c1-20-13(19)10-7-16(5-6-21-10)8-11(17)15-12(18)9-3-2-4-14-9/h2-4,10,14H,5-8H2,1H3,(H,15,17,18). The largest absolute Gasteiger partial charge is 0.467 e. The monoisotopic (exact) mass is 295 g/mol. The van der Waals surface area contributed by atoms with E-state index in [0.717, 1.165) is 0 Å². The van der Waals surface area contributed by atoms with Gasteiger partial charge < -0.3 is 14.5 Å². The van der Waals surface area contributed by atoms with Crippen molar-refractivity contribution in [3.8, 4) is 0 Å². The van der Waals surface area contributed by atoms with Gasteiger partial charge in [-0.15, -0.1) is 0 Å². The molecule has 1 aromatic rings. The fourth-order valence-corrected chi connectivity index (χ4v) is 2.03. The Kier molecular flexibility index (Phi) is 5.07. The lowest BCUT2D eigenvalue weighted by Crippen LogP contribution is -2.50. The lowest BCUT2D eigenvalue weighted by Gasteiger charge is -2.30. The zero-order valence-electron chi connectivity index (χ0n) is 11.6. The van der Waals surface area contributed by atoms with Gasteiger partial charge in [-0.2, -0.15) is 0 Å². The van der Waals surface area contributed by atoms with Crippen LogP contribution in [0.4, 0.5) is 0 Å². The minimum atomic E-state index is -0.698. The smallest absolute Gasteiger partial charge is 0.336 e. The van der Waals surface area contributed by atoms with E-state index in [1.165, 1.54) is 7.11 Å². The number of esters is 1. The maximum Gasteiger partial charge on any atom is 0.336 e. The highest BCUT2D eigenvalue weighted by atomic mass is 16.6. The fourth-order valence-electron chi connectivity index (χ4n) is 2.03. The Morgan fingerprint density at radius 1 is 1.52 bits per heavy atom. The molecule has 21 heavy (non-hydrogen) atoms. The van der Waals surface area contributed by atoms with Crippen LogP contribution in [0.1, 0.15) is 10.5 Å². The molecule has 1 unspecified atom stereocenters. The van der Waals surface area contributed by atoms with Crippen LogP contribution in [0.5, 0.6) is 0 Å². The summed E-state index contributed by atoms with van der Waals surface area (Å²) in [6, 6.07) is 3.24. The number of hydrogen-bond acceptors (Lipinski definition) is 6. The fraction of sp³-hybridized carbons (Fsp3) is 0.462. The molecule has 2 N–H and O–H groups in total. The first-order valence-electron chi connectivity index (χ1n) is 6.49. The van der Waals surface area contributed by atoms with Crippen molar-refractivity contribution in [2.75, 3.05) is 33.4 Å². The second-order valence-corrected chi connectivity index (χ2v) is 4.58. The minimum absolute atomic E-state index is 0.0172. The summed E-state index contributed by atoms with van der Waals surface area (Å²) >= 11 is 0. The molecule has 8 heteroatoms. The van der Waals surface area contributed by atoms with E-state index < -0.39 is 23.9 Å². The maximum atomic E-state index is 11.8. The number of ether oxygens (including phenoxy) is 2. The van der Waals surface area contributed by atoms with Crippen molar-refractivity contribution in [2.24, 2.45) is 0 Å². The predicted molar refractivity (Wildman–Crippen MR) is 71.5 cm³/mol. The first kappa shape index (κ1) is 15.2. The Hall–Kier alpha value is -2.19. The molecule has 2 amide bonds. The van der Waals surface area contributed by atoms with Gasteiger partial charge in [0.1, 0.15) is 5.69 Å². The van der Waals surface area contributed by atoms with Gasteiger partial charge in [0.05, 0.1) is 20.3 Å². The minimum Gasteiger partial charge on any atom is -0.467 e. The summed E-state index contributed by atoms with van der Waals surface area (Å²) in [5.41, 5.74) is 0.317. The van der Waals surface area contributed by atoms with Crippen LogP contribution in [0.2, 0.25) is 0 Å². The lowest BCUT2D eigenvalue weighted by atomic mass is 10.2. The van der Waals surface area contributed by atoms with Gasteiger partial charge in [0.2, 0.25) is 5.91 Å². The highest BCUT2D eigenvalue weighted by molar-refractivity contribution is 6.04. The number of H-pyrrole nitrogens is 1. The van der Waals surface area contributed by atoms with Gasteiger partial charge in [0, 0.05) is 19.3 Å². The second-order valence-electron chi connectivity index (χ2n) is 4.58. The van der Waals surface area contributed by atoms with Gasteiger partial charge in [-0.25, -0.2) is 4.79 Å². The molecule has 0 aliphatic carbocycles. The molecule has 1 aliphatic rings. The molecule has 0 bridgehead atoms. The number of imide groups is 1. The van der Waals surface area contributed by atoms with Gasteiger partial charge >= 0.3 is 5.97 Å². The number of carbonyl (C=O) groups excluding carboxylic acids is 3. The summed E-state index contributed by atoms with van der Waals surface area (Å²) in [5, 5.41) is 2.28. The van der Waals surface area contributed by atoms with Gasteiger partial charge in [-0.3, -0.25) is 19.8 Å². The molecular formula is C13H17N3O5. The normalized spacial score (nSPS) is 19.0. The summed E-state index contributed by atoms with van der Waals surface area (Å²) in [7, 11) is 1.28. The molecule has 0 saturated carbocycles. The number of rotatable bonds is 4. The van der Waals surface area contributed by atoms with Crippen LogP contribution >= 0.6 is 0 Å². The third-order valence-electron chi connectivity index (χ3n) is 3.08. The Morgan fingerprint density at radius 3 is 3.00 bits per heavy atom. The van der Waals surface area contributed by atoms with Crippen molar-refractivity contribution in [2.45, 2.75) is 6.10 Å². The van der Waals surface area contributed by atoms with Gasteiger partial charge in [-0.05, 0) is 12.1 Å². The van der Waals surface area contributed by atoms with Crippen LogP contribution in [0.25, 0.3) is 0 Å². The van der Waals surface area contributed by atoms with E-state index in [1.54, 1.807) is 23.2 Å². The number of aromatic amines is 1. The van der Waals surface area contributed by atoms with E-state index in [9.17, 15) is 14.4 Å². The molecule has 0 spiro atoms. The van der Waals surface area contributed by atoms with Crippen LogP contribution in [-0.4, -0.2) is 67.1 Å². The molecule has 2 rings (SSSR count). The maximum absolute atomic E-state index is 11.8. The van der Waals surface area contributed by atoms with Crippen LogP contribution in [0, 0.1) is 0 Å². The van der Waals surface area contributed by atoms with Crippen molar-refractivity contribution in [1.29, 1.82) is 0 Å². The SMILES string of the molecule is COC(=O)C1CN(CC(=O)NC(=O)c2ccc[nH]2)CCO1. The molecule has 114 valence electrons. The third-order valence-corrected chi connectivity index (χ3v) is 3.08. The number of aromatic nitrogens is 1.